The van der Waals surface area contributed by atoms with E-state index in [1.807, 2.05) is 0 Å². The highest BCUT2D eigenvalue weighted by molar-refractivity contribution is 9.10. The maximum absolute atomic E-state index is 13.6. The van der Waals surface area contributed by atoms with E-state index in [-0.39, 0.29) is 18.1 Å². The Balaban J connectivity index is 1.53. The molecule has 0 aliphatic heterocycles. The zero-order valence-corrected chi connectivity index (χ0v) is 14.3. The van der Waals surface area contributed by atoms with Gasteiger partial charge < -0.3 is 5.32 Å². The highest BCUT2D eigenvalue weighted by Crippen LogP contribution is 2.11. The summed E-state index contributed by atoms with van der Waals surface area (Å²) >= 11 is 3.30. The number of halogens is 2. The van der Waals surface area contributed by atoms with E-state index in [2.05, 4.69) is 31.4 Å². The molecule has 3 rings (SSSR count). The molecule has 1 N–H and O–H groups in total. The second-order valence-corrected chi connectivity index (χ2v) is 6.13. The van der Waals surface area contributed by atoms with Gasteiger partial charge in [-0.3, -0.25) is 14.2 Å². The summed E-state index contributed by atoms with van der Waals surface area (Å²) in [4.78, 5) is 11.9. The van der Waals surface area contributed by atoms with Crippen LogP contribution in [0.15, 0.2) is 53.4 Å². The molecule has 3 aromatic rings. The molecule has 0 aliphatic carbocycles. The smallest absolute Gasteiger partial charge is 0.227 e. The van der Waals surface area contributed by atoms with Crippen LogP contribution in [0.5, 0.6) is 0 Å². The number of amides is 1. The Morgan fingerprint density at radius 1 is 1.25 bits per heavy atom. The van der Waals surface area contributed by atoms with Gasteiger partial charge in [0.05, 0.1) is 17.2 Å². The highest BCUT2D eigenvalue weighted by atomic mass is 79.9. The number of hydrogen-bond donors (Lipinski definition) is 1. The van der Waals surface area contributed by atoms with Gasteiger partial charge in [-0.15, -0.1) is 0 Å². The van der Waals surface area contributed by atoms with Crippen LogP contribution in [-0.2, 0) is 17.9 Å². The summed E-state index contributed by atoms with van der Waals surface area (Å²) < 4.78 is 17.8. The molecule has 0 saturated heterocycles. The first kappa shape index (κ1) is 16.4. The van der Waals surface area contributed by atoms with Crippen LogP contribution in [0.2, 0.25) is 0 Å². The molecule has 6 nitrogen and oxygen atoms in total. The summed E-state index contributed by atoms with van der Waals surface area (Å²) in [6, 6.07) is 8.22. The summed E-state index contributed by atoms with van der Waals surface area (Å²) in [7, 11) is 0. The van der Waals surface area contributed by atoms with Gasteiger partial charge in [0.25, 0.3) is 0 Å². The van der Waals surface area contributed by atoms with Gasteiger partial charge in [-0.2, -0.15) is 10.2 Å². The lowest BCUT2D eigenvalue weighted by atomic mass is 10.2. The van der Waals surface area contributed by atoms with Crippen LogP contribution in [0.25, 0.3) is 0 Å². The minimum atomic E-state index is -0.274. The van der Waals surface area contributed by atoms with Gasteiger partial charge in [-0.1, -0.05) is 18.2 Å². The SMILES string of the molecule is O=C(CCn1cc(Br)cn1)Nc1ccn(Cc2ccccc2F)n1. The number of carbonyl (C=O) groups excluding carboxylic acids is 1. The molecule has 0 aliphatic rings. The van der Waals surface area contributed by atoms with Gasteiger partial charge in [0.2, 0.25) is 5.91 Å². The maximum atomic E-state index is 13.6. The number of nitrogens with one attached hydrogen (secondary N) is 1. The van der Waals surface area contributed by atoms with Crippen LogP contribution >= 0.6 is 15.9 Å². The molecule has 0 fully saturated rings. The number of carbonyl (C=O) groups is 1. The Kier molecular flexibility index (Phi) is 5.05. The van der Waals surface area contributed by atoms with E-state index in [9.17, 15) is 9.18 Å². The van der Waals surface area contributed by atoms with Crippen molar-refractivity contribution in [2.75, 3.05) is 5.32 Å². The van der Waals surface area contributed by atoms with Gasteiger partial charge in [0, 0.05) is 37.0 Å². The zero-order chi connectivity index (χ0) is 16.9. The molecule has 8 heteroatoms. The molecule has 2 aromatic heterocycles. The lowest BCUT2D eigenvalue weighted by Gasteiger charge is -2.04. The molecule has 0 unspecified atom stereocenters. The van der Waals surface area contributed by atoms with Gasteiger partial charge in [-0.05, 0) is 22.0 Å². The van der Waals surface area contributed by atoms with E-state index in [1.165, 1.54) is 6.07 Å². The molecule has 124 valence electrons. The first-order valence-corrected chi connectivity index (χ1v) is 8.14. The molecule has 0 bridgehead atoms. The van der Waals surface area contributed by atoms with Gasteiger partial charge in [-0.25, -0.2) is 4.39 Å². The number of aromatic nitrogens is 4. The second-order valence-electron chi connectivity index (χ2n) is 5.21. The van der Waals surface area contributed by atoms with E-state index in [4.69, 9.17) is 0 Å². The summed E-state index contributed by atoms with van der Waals surface area (Å²) in [5.74, 6) is 0.0136. The molecule has 0 radical (unpaired) electrons. The van der Waals surface area contributed by atoms with Crippen molar-refractivity contribution in [3.63, 3.8) is 0 Å². The number of rotatable bonds is 6. The van der Waals surface area contributed by atoms with E-state index >= 15 is 0 Å². The quantitative estimate of drug-likeness (QED) is 0.702. The van der Waals surface area contributed by atoms with Crippen molar-refractivity contribution in [1.82, 2.24) is 19.6 Å². The topological polar surface area (TPSA) is 64.7 Å². The molecule has 1 amide bonds. The minimum Gasteiger partial charge on any atom is -0.309 e. The van der Waals surface area contributed by atoms with Crippen LogP contribution in [-0.4, -0.2) is 25.5 Å². The minimum absolute atomic E-state index is 0.155. The number of nitrogens with zero attached hydrogens (tertiary/aromatic N) is 4. The predicted molar refractivity (Wildman–Crippen MR) is 90.9 cm³/mol. The van der Waals surface area contributed by atoms with Crippen molar-refractivity contribution < 1.29 is 9.18 Å². The Morgan fingerprint density at radius 2 is 2.08 bits per heavy atom. The van der Waals surface area contributed by atoms with E-state index in [1.54, 1.807) is 52.2 Å². The molecular formula is C16H15BrFN5O. The Hall–Kier alpha value is -2.48. The first-order valence-electron chi connectivity index (χ1n) is 7.35. The van der Waals surface area contributed by atoms with E-state index in [0.29, 0.717) is 24.5 Å². The van der Waals surface area contributed by atoms with Crippen molar-refractivity contribution in [3.8, 4) is 0 Å². The normalized spacial score (nSPS) is 10.8. The highest BCUT2D eigenvalue weighted by Gasteiger charge is 2.07. The monoisotopic (exact) mass is 391 g/mol. The van der Waals surface area contributed by atoms with Gasteiger partial charge in [0.15, 0.2) is 5.82 Å². The number of anilines is 1. The lowest BCUT2D eigenvalue weighted by molar-refractivity contribution is -0.116. The zero-order valence-electron chi connectivity index (χ0n) is 12.7. The standard InChI is InChI=1S/C16H15BrFN5O/c17-13-9-19-22(11-13)8-6-16(24)20-15-5-7-23(21-15)10-12-3-1-2-4-14(12)18/h1-5,7,9,11H,6,8,10H2,(H,20,21,24). The van der Waals surface area contributed by atoms with Crippen molar-refractivity contribution in [3.05, 3.63) is 64.8 Å². The third-order valence-electron chi connectivity index (χ3n) is 3.37. The Bertz CT molecular complexity index is 844. The third kappa shape index (κ3) is 4.29. The molecule has 2 heterocycles. The fourth-order valence-corrected chi connectivity index (χ4v) is 2.53. The van der Waals surface area contributed by atoms with Crippen LogP contribution in [0.3, 0.4) is 0 Å². The number of aryl methyl sites for hydroxylation is 1. The number of hydrogen-bond acceptors (Lipinski definition) is 3. The Labute approximate surface area is 146 Å². The summed E-state index contributed by atoms with van der Waals surface area (Å²) in [6.07, 6.45) is 5.46. The molecule has 1 aromatic carbocycles. The van der Waals surface area contributed by atoms with Crippen LogP contribution in [0.1, 0.15) is 12.0 Å². The Morgan fingerprint density at radius 3 is 2.83 bits per heavy atom. The van der Waals surface area contributed by atoms with Crippen molar-refractivity contribution in [1.29, 1.82) is 0 Å². The van der Waals surface area contributed by atoms with Crippen LogP contribution in [0.4, 0.5) is 10.2 Å². The second kappa shape index (κ2) is 7.39. The van der Waals surface area contributed by atoms with Crippen LogP contribution in [0, 0.1) is 5.82 Å². The van der Waals surface area contributed by atoms with Gasteiger partial charge in [0.1, 0.15) is 5.82 Å². The van der Waals surface area contributed by atoms with E-state index < -0.39 is 0 Å². The average molecular weight is 392 g/mol. The van der Waals surface area contributed by atoms with Crippen molar-refractivity contribution in [2.24, 2.45) is 0 Å². The van der Waals surface area contributed by atoms with Crippen molar-refractivity contribution in [2.45, 2.75) is 19.5 Å². The van der Waals surface area contributed by atoms with Gasteiger partial charge >= 0.3 is 0 Å². The fraction of sp³-hybridized carbons (Fsp3) is 0.188. The molecule has 0 saturated carbocycles. The fourth-order valence-electron chi connectivity index (χ4n) is 2.20. The molecule has 0 atom stereocenters. The summed E-state index contributed by atoms with van der Waals surface area (Å²) in [6.45, 7) is 0.789. The molecule has 0 spiro atoms. The van der Waals surface area contributed by atoms with Crippen molar-refractivity contribution >= 4 is 27.7 Å². The maximum Gasteiger partial charge on any atom is 0.227 e. The average Bonchev–Trinajstić information content (AvgIpc) is 3.17. The lowest BCUT2D eigenvalue weighted by Crippen LogP contribution is -2.15. The third-order valence-corrected chi connectivity index (χ3v) is 3.78. The van der Waals surface area contributed by atoms with Crippen LogP contribution < -0.4 is 5.32 Å². The molecular weight excluding hydrogens is 377 g/mol. The molecule has 24 heavy (non-hydrogen) atoms. The largest absolute Gasteiger partial charge is 0.309 e. The summed E-state index contributed by atoms with van der Waals surface area (Å²) in [5, 5.41) is 11.0. The number of benzene rings is 1. The predicted octanol–water partition coefficient (Wildman–Crippen LogP) is 3.06. The summed E-state index contributed by atoms with van der Waals surface area (Å²) in [5.41, 5.74) is 0.544. The van der Waals surface area contributed by atoms with E-state index in [0.717, 1.165) is 4.47 Å². The first-order chi connectivity index (χ1) is 11.6.